The first-order chi connectivity index (χ1) is 10.1. The molecule has 1 aromatic carbocycles. The Hall–Kier alpha value is -2.35. The molecule has 112 valence electrons. The van der Waals surface area contributed by atoms with E-state index in [4.69, 9.17) is 5.26 Å². The van der Waals surface area contributed by atoms with E-state index in [1.165, 1.54) is 7.11 Å². The fourth-order valence-corrected chi connectivity index (χ4v) is 2.15. The highest BCUT2D eigenvalue weighted by Gasteiger charge is 2.19. The SMILES string of the molecule is COC(=O)CCCCC(Cc1ccccc1C#N)C(=O)O. The van der Waals surface area contributed by atoms with Crippen molar-refractivity contribution in [3.63, 3.8) is 0 Å². The number of nitriles is 1. The molecule has 1 atom stereocenters. The third-order valence-electron chi connectivity index (χ3n) is 3.36. The van der Waals surface area contributed by atoms with E-state index in [2.05, 4.69) is 10.8 Å². The van der Waals surface area contributed by atoms with Crippen molar-refractivity contribution in [3.8, 4) is 6.07 Å². The summed E-state index contributed by atoms with van der Waals surface area (Å²) in [5, 5.41) is 18.3. The van der Waals surface area contributed by atoms with Crippen LogP contribution in [0.5, 0.6) is 0 Å². The Kier molecular flexibility index (Phi) is 6.96. The van der Waals surface area contributed by atoms with Crippen LogP contribution in [0.25, 0.3) is 0 Å². The number of methoxy groups -OCH3 is 1. The van der Waals surface area contributed by atoms with E-state index >= 15 is 0 Å². The van der Waals surface area contributed by atoms with Gasteiger partial charge in [-0.3, -0.25) is 9.59 Å². The van der Waals surface area contributed by atoms with Crippen LogP contribution in [0.15, 0.2) is 24.3 Å². The summed E-state index contributed by atoms with van der Waals surface area (Å²) >= 11 is 0. The normalized spacial score (nSPS) is 11.4. The van der Waals surface area contributed by atoms with Gasteiger partial charge in [0.15, 0.2) is 0 Å². The number of unbranched alkanes of at least 4 members (excludes halogenated alkanes) is 1. The predicted molar refractivity (Wildman–Crippen MR) is 76.5 cm³/mol. The van der Waals surface area contributed by atoms with E-state index in [0.717, 1.165) is 5.56 Å². The van der Waals surface area contributed by atoms with Crippen LogP contribution in [-0.2, 0) is 20.7 Å². The minimum atomic E-state index is -0.874. The van der Waals surface area contributed by atoms with Gasteiger partial charge in [0.2, 0.25) is 0 Å². The fourth-order valence-electron chi connectivity index (χ4n) is 2.15. The van der Waals surface area contributed by atoms with Crippen LogP contribution in [0.2, 0.25) is 0 Å². The molecule has 0 saturated heterocycles. The number of carboxylic acids is 1. The second-order valence-corrected chi connectivity index (χ2v) is 4.83. The number of esters is 1. The molecule has 0 bridgehead atoms. The van der Waals surface area contributed by atoms with Crippen LogP contribution in [0.3, 0.4) is 0 Å². The highest BCUT2D eigenvalue weighted by Crippen LogP contribution is 2.19. The lowest BCUT2D eigenvalue weighted by atomic mass is 9.92. The minimum Gasteiger partial charge on any atom is -0.481 e. The van der Waals surface area contributed by atoms with Gasteiger partial charge in [-0.2, -0.15) is 5.26 Å². The molecule has 0 amide bonds. The van der Waals surface area contributed by atoms with Gasteiger partial charge >= 0.3 is 11.9 Å². The lowest BCUT2D eigenvalue weighted by Crippen LogP contribution is -2.17. The molecule has 1 N–H and O–H groups in total. The standard InChI is InChI=1S/C16H19NO4/c1-21-15(18)9-5-4-7-13(16(19)20)10-12-6-2-3-8-14(12)11-17/h2-3,6,8,13H,4-5,7,9-10H2,1H3,(H,19,20). The molecule has 0 aromatic heterocycles. The van der Waals surface area contributed by atoms with Gasteiger partial charge in [0.25, 0.3) is 0 Å². The molecule has 0 heterocycles. The lowest BCUT2D eigenvalue weighted by Gasteiger charge is -2.13. The summed E-state index contributed by atoms with van der Waals surface area (Å²) in [4.78, 5) is 22.3. The maximum Gasteiger partial charge on any atom is 0.306 e. The zero-order valence-corrected chi connectivity index (χ0v) is 12.0. The Morgan fingerprint density at radius 3 is 2.67 bits per heavy atom. The number of benzene rings is 1. The number of aliphatic carboxylic acids is 1. The summed E-state index contributed by atoms with van der Waals surface area (Å²) in [7, 11) is 1.33. The Morgan fingerprint density at radius 2 is 2.05 bits per heavy atom. The van der Waals surface area contributed by atoms with Gasteiger partial charge in [0.05, 0.1) is 24.7 Å². The van der Waals surface area contributed by atoms with Crippen LogP contribution in [-0.4, -0.2) is 24.2 Å². The van der Waals surface area contributed by atoms with E-state index in [1.807, 2.05) is 0 Å². The molecule has 0 aliphatic carbocycles. The molecule has 5 heteroatoms. The van der Waals surface area contributed by atoms with Gasteiger partial charge < -0.3 is 9.84 Å². The van der Waals surface area contributed by atoms with Gasteiger partial charge in [-0.15, -0.1) is 0 Å². The molecule has 1 aromatic rings. The molecule has 21 heavy (non-hydrogen) atoms. The number of carbonyl (C=O) groups is 2. The van der Waals surface area contributed by atoms with E-state index in [1.54, 1.807) is 24.3 Å². The van der Waals surface area contributed by atoms with E-state index in [0.29, 0.717) is 37.7 Å². The van der Waals surface area contributed by atoms with Crippen LogP contribution in [0.1, 0.15) is 36.8 Å². The minimum absolute atomic E-state index is 0.281. The van der Waals surface area contributed by atoms with Crippen LogP contribution < -0.4 is 0 Å². The van der Waals surface area contributed by atoms with E-state index in [9.17, 15) is 14.7 Å². The zero-order chi connectivity index (χ0) is 15.7. The van der Waals surface area contributed by atoms with Crippen molar-refractivity contribution < 1.29 is 19.4 Å². The van der Waals surface area contributed by atoms with Crippen LogP contribution in [0.4, 0.5) is 0 Å². The number of rotatable bonds is 8. The summed E-state index contributed by atoms with van der Waals surface area (Å²) in [6.45, 7) is 0. The number of hydrogen-bond donors (Lipinski definition) is 1. The molecule has 1 unspecified atom stereocenters. The van der Waals surface area contributed by atoms with Crippen LogP contribution >= 0.6 is 0 Å². The Bertz CT molecular complexity index is 533. The maximum absolute atomic E-state index is 11.3. The van der Waals surface area contributed by atoms with Crippen molar-refractivity contribution in [1.82, 2.24) is 0 Å². The quantitative estimate of drug-likeness (QED) is 0.587. The summed E-state index contributed by atoms with van der Waals surface area (Å²) in [6, 6.07) is 9.10. The predicted octanol–water partition coefficient (Wildman–Crippen LogP) is 2.53. The smallest absolute Gasteiger partial charge is 0.306 e. The summed E-state index contributed by atoms with van der Waals surface area (Å²) in [5.74, 6) is -1.70. The average Bonchev–Trinajstić information content (AvgIpc) is 2.50. The van der Waals surface area contributed by atoms with E-state index in [-0.39, 0.29) is 5.97 Å². The van der Waals surface area contributed by atoms with Crippen molar-refractivity contribution in [2.24, 2.45) is 5.92 Å². The second-order valence-electron chi connectivity index (χ2n) is 4.83. The maximum atomic E-state index is 11.3. The average molecular weight is 289 g/mol. The number of ether oxygens (including phenoxy) is 1. The molecule has 0 fully saturated rings. The first-order valence-corrected chi connectivity index (χ1v) is 6.86. The van der Waals surface area contributed by atoms with Crippen molar-refractivity contribution in [1.29, 1.82) is 5.26 Å². The first kappa shape index (κ1) is 16.7. The fraction of sp³-hybridized carbons (Fsp3) is 0.438. The number of nitrogens with zero attached hydrogens (tertiary/aromatic N) is 1. The van der Waals surface area contributed by atoms with Crippen molar-refractivity contribution in [3.05, 3.63) is 35.4 Å². The Balaban J connectivity index is 2.56. The monoisotopic (exact) mass is 289 g/mol. The summed E-state index contributed by atoms with van der Waals surface area (Å²) in [6.07, 6.45) is 2.36. The topological polar surface area (TPSA) is 87.4 Å². The molecule has 0 saturated carbocycles. The van der Waals surface area contributed by atoms with Gasteiger partial charge in [-0.25, -0.2) is 0 Å². The molecular formula is C16H19NO4. The molecule has 0 radical (unpaired) electrons. The van der Waals surface area contributed by atoms with Gasteiger partial charge in [-0.05, 0) is 30.9 Å². The first-order valence-electron chi connectivity index (χ1n) is 6.86. The van der Waals surface area contributed by atoms with Crippen LogP contribution in [0, 0.1) is 17.2 Å². The van der Waals surface area contributed by atoms with Gasteiger partial charge in [-0.1, -0.05) is 24.6 Å². The number of carboxylic acid groups (broad SMARTS) is 1. The largest absolute Gasteiger partial charge is 0.481 e. The molecular weight excluding hydrogens is 270 g/mol. The molecule has 0 aliphatic heterocycles. The van der Waals surface area contributed by atoms with Gasteiger partial charge in [0, 0.05) is 6.42 Å². The third-order valence-corrected chi connectivity index (χ3v) is 3.36. The Morgan fingerprint density at radius 1 is 1.33 bits per heavy atom. The molecule has 5 nitrogen and oxygen atoms in total. The third kappa shape index (κ3) is 5.65. The number of hydrogen-bond acceptors (Lipinski definition) is 4. The van der Waals surface area contributed by atoms with Crippen molar-refractivity contribution in [2.75, 3.05) is 7.11 Å². The highest BCUT2D eigenvalue weighted by atomic mass is 16.5. The van der Waals surface area contributed by atoms with E-state index < -0.39 is 11.9 Å². The van der Waals surface area contributed by atoms with Crippen molar-refractivity contribution in [2.45, 2.75) is 32.1 Å². The van der Waals surface area contributed by atoms with Gasteiger partial charge in [0.1, 0.15) is 0 Å². The molecule has 1 rings (SSSR count). The summed E-state index contributed by atoms with van der Waals surface area (Å²) in [5.41, 5.74) is 1.26. The Labute approximate surface area is 124 Å². The zero-order valence-electron chi connectivity index (χ0n) is 12.0. The van der Waals surface area contributed by atoms with Crippen molar-refractivity contribution >= 4 is 11.9 Å². The second kappa shape index (κ2) is 8.75. The number of carbonyl (C=O) groups excluding carboxylic acids is 1. The molecule has 0 aliphatic rings. The lowest BCUT2D eigenvalue weighted by molar-refractivity contribution is -0.142. The summed E-state index contributed by atoms with van der Waals surface area (Å²) < 4.78 is 4.54. The highest BCUT2D eigenvalue weighted by molar-refractivity contribution is 5.70. The molecule has 0 spiro atoms.